The predicted molar refractivity (Wildman–Crippen MR) is 103 cm³/mol. The number of hydrogen-bond acceptors (Lipinski definition) is 3. The lowest BCUT2D eigenvalue weighted by molar-refractivity contribution is 0.213. The molecule has 0 bridgehead atoms. The number of aliphatic hydroxyl groups excluding tert-OH is 1. The third-order valence-corrected chi connectivity index (χ3v) is 7.27. The zero-order chi connectivity index (χ0) is 18.9. The first kappa shape index (κ1) is 20.4. The lowest BCUT2D eigenvalue weighted by Gasteiger charge is -2.28. The summed E-state index contributed by atoms with van der Waals surface area (Å²) in [6.45, 7) is 12.9. The van der Waals surface area contributed by atoms with Crippen LogP contribution >= 0.6 is 0 Å². The second-order valence-corrected chi connectivity index (χ2v) is 9.91. The summed E-state index contributed by atoms with van der Waals surface area (Å²) in [6, 6.07) is 3.84. The minimum atomic E-state index is -3.62. The summed E-state index contributed by atoms with van der Waals surface area (Å²) in [6.07, 6.45) is 1.54. The molecular formula is C20H33NO3S. The highest BCUT2D eigenvalue weighted by Crippen LogP contribution is 2.38. The van der Waals surface area contributed by atoms with Gasteiger partial charge in [-0.25, -0.2) is 8.42 Å². The van der Waals surface area contributed by atoms with Gasteiger partial charge in [0.25, 0.3) is 0 Å². The van der Waals surface area contributed by atoms with Crippen LogP contribution in [0.2, 0.25) is 0 Å². The van der Waals surface area contributed by atoms with E-state index in [1.54, 1.807) is 0 Å². The van der Waals surface area contributed by atoms with Gasteiger partial charge in [-0.15, -0.1) is 0 Å². The highest BCUT2D eigenvalue weighted by Gasteiger charge is 2.38. The molecule has 25 heavy (non-hydrogen) atoms. The van der Waals surface area contributed by atoms with E-state index in [0.717, 1.165) is 24.0 Å². The van der Waals surface area contributed by atoms with Gasteiger partial charge in [-0.3, -0.25) is 0 Å². The molecule has 1 N–H and O–H groups in total. The average molecular weight is 368 g/mol. The third kappa shape index (κ3) is 3.93. The molecule has 142 valence electrons. The standard InChI is InChI=1S/C20H33NO3S/c1-13(2)16-10-18(14(3)4)20(19(11-16)15(5)6)25(23,24)21-9-7-8-17(21)12-22/h10-11,13-15,17,22H,7-9,12H2,1-6H3/t17-/m1/s1. The molecular weight excluding hydrogens is 334 g/mol. The Balaban J connectivity index is 2.73. The van der Waals surface area contributed by atoms with Crippen molar-refractivity contribution in [2.45, 2.75) is 83.1 Å². The van der Waals surface area contributed by atoms with E-state index in [2.05, 4.69) is 53.7 Å². The smallest absolute Gasteiger partial charge is 0.243 e. The molecule has 1 saturated heterocycles. The van der Waals surface area contributed by atoms with Crippen LogP contribution in [0.1, 0.15) is 88.8 Å². The first-order chi connectivity index (χ1) is 11.6. The Hall–Kier alpha value is -0.910. The monoisotopic (exact) mass is 367 g/mol. The van der Waals surface area contributed by atoms with Gasteiger partial charge < -0.3 is 5.11 Å². The molecule has 4 nitrogen and oxygen atoms in total. The number of sulfonamides is 1. The fourth-order valence-electron chi connectivity index (χ4n) is 3.61. The van der Waals surface area contributed by atoms with Crippen LogP contribution < -0.4 is 0 Å². The van der Waals surface area contributed by atoms with Crippen molar-refractivity contribution in [3.63, 3.8) is 0 Å². The Kier molecular flexibility index (Phi) is 6.34. The maximum Gasteiger partial charge on any atom is 0.243 e. The van der Waals surface area contributed by atoms with Gasteiger partial charge in [0, 0.05) is 12.6 Å². The zero-order valence-electron chi connectivity index (χ0n) is 16.4. The van der Waals surface area contributed by atoms with E-state index in [1.807, 2.05) is 0 Å². The van der Waals surface area contributed by atoms with Crippen molar-refractivity contribution in [1.29, 1.82) is 0 Å². The molecule has 5 heteroatoms. The minimum Gasteiger partial charge on any atom is -0.395 e. The minimum absolute atomic E-state index is 0.114. The van der Waals surface area contributed by atoms with Crippen molar-refractivity contribution in [3.05, 3.63) is 28.8 Å². The molecule has 0 aliphatic carbocycles. The van der Waals surface area contributed by atoms with E-state index in [1.165, 1.54) is 9.87 Å². The van der Waals surface area contributed by atoms with E-state index in [0.29, 0.717) is 17.4 Å². The predicted octanol–water partition coefficient (Wildman–Crippen LogP) is 4.20. The maximum absolute atomic E-state index is 13.6. The van der Waals surface area contributed by atoms with Crippen LogP contribution in [0.5, 0.6) is 0 Å². The molecule has 2 rings (SSSR count). The fraction of sp³-hybridized carbons (Fsp3) is 0.700. The van der Waals surface area contributed by atoms with E-state index >= 15 is 0 Å². The third-order valence-electron chi connectivity index (χ3n) is 5.18. The van der Waals surface area contributed by atoms with E-state index < -0.39 is 10.0 Å². The van der Waals surface area contributed by atoms with Crippen molar-refractivity contribution in [1.82, 2.24) is 4.31 Å². The van der Waals surface area contributed by atoms with Crippen LogP contribution in [0.3, 0.4) is 0 Å². The van der Waals surface area contributed by atoms with Gasteiger partial charge in [-0.05, 0) is 47.3 Å². The molecule has 0 saturated carbocycles. The molecule has 1 fully saturated rings. The van der Waals surface area contributed by atoms with Gasteiger partial charge in [0.05, 0.1) is 11.5 Å². The summed E-state index contributed by atoms with van der Waals surface area (Å²) < 4.78 is 28.6. The lowest BCUT2D eigenvalue weighted by atomic mass is 9.89. The largest absolute Gasteiger partial charge is 0.395 e. The molecule has 0 aromatic heterocycles. The van der Waals surface area contributed by atoms with Crippen LogP contribution in [0.15, 0.2) is 17.0 Å². The molecule has 1 aliphatic rings. The van der Waals surface area contributed by atoms with Crippen LogP contribution in [-0.4, -0.2) is 37.0 Å². The Morgan fingerprint density at radius 1 is 1.04 bits per heavy atom. The molecule has 1 atom stereocenters. The molecule has 0 spiro atoms. The molecule has 0 radical (unpaired) electrons. The normalized spacial score (nSPS) is 19.5. The van der Waals surface area contributed by atoms with E-state index in [9.17, 15) is 13.5 Å². The van der Waals surface area contributed by atoms with Crippen molar-refractivity contribution in [2.75, 3.05) is 13.2 Å². The van der Waals surface area contributed by atoms with Gasteiger partial charge in [-0.2, -0.15) is 4.31 Å². The summed E-state index contributed by atoms with van der Waals surface area (Å²) in [5.74, 6) is 0.594. The van der Waals surface area contributed by atoms with Gasteiger partial charge >= 0.3 is 0 Å². The molecule has 1 aromatic rings. The Bertz CT molecular complexity index is 679. The summed E-state index contributed by atoms with van der Waals surface area (Å²) in [7, 11) is -3.62. The van der Waals surface area contributed by atoms with Crippen LogP contribution in [-0.2, 0) is 10.0 Å². The van der Waals surface area contributed by atoms with Gasteiger partial charge in [0.2, 0.25) is 10.0 Å². The maximum atomic E-state index is 13.6. The first-order valence-electron chi connectivity index (χ1n) is 9.41. The SMILES string of the molecule is CC(C)c1cc(C(C)C)c(S(=O)(=O)N2CCC[C@@H]2CO)c(C(C)C)c1. The summed E-state index contributed by atoms with van der Waals surface area (Å²) in [4.78, 5) is 0.474. The van der Waals surface area contributed by atoms with Crippen molar-refractivity contribution in [3.8, 4) is 0 Å². The van der Waals surface area contributed by atoms with Crippen LogP contribution in [0.25, 0.3) is 0 Å². The molecule has 1 heterocycles. The lowest BCUT2D eigenvalue weighted by Crippen LogP contribution is -2.38. The highest BCUT2D eigenvalue weighted by molar-refractivity contribution is 7.89. The molecule has 0 amide bonds. The van der Waals surface area contributed by atoms with E-state index in [4.69, 9.17) is 0 Å². The second kappa shape index (κ2) is 7.77. The van der Waals surface area contributed by atoms with Crippen molar-refractivity contribution in [2.24, 2.45) is 0 Å². The van der Waals surface area contributed by atoms with Gasteiger partial charge in [0.15, 0.2) is 0 Å². The Morgan fingerprint density at radius 2 is 1.56 bits per heavy atom. The number of rotatable bonds is 6. The average Bonchev–Trinajstić information content (AvgIpc) is 3.02. The molecule has 0 unspecified atom stereocenters. The number of aliphatic hydroxyl groups is 1. The van der Waals surface area contributed by atoms with Gasteiger partial charge in [0.1, 0.15) is 0 Å². The number of benzene rings is 1. The zero-order valence-corrected chi connectivity index (χ0v) is 17.2. The summed E-state index contributed by atoms with van der Waals surface area (Å²) >= 11 is 0. The van der Waals surface area contributed by atoms with E-state index in [-0.39, 0.29) is 24.5 Å². The summed E-state index contributed by atoms with van der Waals surface area (Å²) in [5.41, 5.74) is 2.99. The van der Waals surface area contributed by atoms with Crippen LogP contribution in [0.4, 0.5) is 0 Å². The first-order valence-corrected chi connectivity index (χ1v) is 10.9. The van der Waals surface area contributed by atoms with Crippen molar-refractivity contribution < 1.29 is 13.5 Å². The number of hydrogen-bond donors (Lipinski definition) is 1. The highest BCUT2D eigenvalue weighted by atomic mass is 32.2. The quantitative estimate of drug-likeness (QED) is 0.820. The van der Waals surface area contributed by atoms with Crippen LogP contribution in [0, 0.1) is 0 Å². The Morgan fingerprint density at radius 3 is 1.96 bits per heavy atom. The second-order valence-electron chi connectivity index (χ2n) is 8.09. The van der Waals surface area contributed by atoms with Gasteiger partial charge in [-0.1, -0.05) is 53.7 Å². The Labute approximate surface area is 153 Å². The fourth-order valence-corrected chi connectivity index (χ4v) is 5.97. The molecule has 1 aromatic carbocycles. The number of nitrogens with zero attached hydrogens (tertiary/aromatic N) is 1. The molecule has 1 aliphatic heterocycles. The summed E-state index contributed by atoms with van der Waals surface area (Å²) in [5, 5.41) is 9.61. The van der Waals surface area contributed by atoms with Crippen molar-refractivity contribution >= 4 is 10.0 Å². The topological polar surface area (TPSA) is 57.6 Å².